The number of piperazine rings is 1. The standard InChI is InChI=1S/C14H21N5O/c1-10-8-18-6-2-3-11(18)9-19(10)14(20)12-4-5-16-7-13(12)17-15/h4-5,7,10-11,17H,2-3,6,8-9,15H2,1H3. The molecule has 0 spiro atoms. The van der Waals surface area contributed by atoms with Crippen molar-refractivity contribution in [3.63, 3.8) is 0 Å². The summed E-state index contributed by atoms with van der Waals surface area (Å²) in [4.78, 5) is 21.2. The van der Waals surface area contributed by atoms with Crippen LogP contribution in [0.3, 0.4) is 0 Å². The van der Waals surface area contributed by atoms with Crippen LogP contribution in [0.25, 0.3) is 0 Å². The summed E-state index contributed by atoms with van der Waals surface area (Å²) in [5.74, 6) is 5.51. The number of rotatable bonds is 2. The maximum absolute atomic E-state index is 12.8. The third kappa shape index (κ3) is 2.25. The van der Waals surface area contributed by atoms with Crippen LogP contribution in [-0.2, 0) is 0 Å². The Labute approximate surface area is 118 Å². The van der Waals surface area contributed by atoms with Gasteiger partial charge in [-0.05, 0) is 32.4 Å². The number of nitrogens with one attached hydrogen (secondary N) is 1. The highest BCUT2D eigenvalue weighted by Gasteiger charge is 2.37. The minimum Gasteiger partial charge on any atom is -0.333 e. The molecular weight excluding hydrogens is 254 g/mol. The molecule has 2 unspecified atom stereocenters. The van der Waals surface area contributed by atoms with Gasteiger partial charge in [0.05, 0.1) is 17.4 Å². The van der Waals surface area contributed by atoms with Crippen molar-refractivity contribution in [3.05, 3.63) is 24.0 Å². The highest BCUT2D eigenvalue weighted by molar-refractivity contribution is 5.99. The summed E-state index contributed by atoms with van der Waals surface area (Å²) in [6, 6.07) is 2.48. The van der Waals surface area contributed by atoms with Crippen LogP contribution in [0.1, 0.15) is 30.1 Å². The Morgan fingerprint density at radius 1 is 1.50 bits per heavy atom. The first-order valence-corrected chi connectivity index (χ1v) is 7.16. The summed E-state index contributed by atoms with van der Waals surface area (Å²) < 4.78 is 0. The fraction of sp³-hybridized carbons (Fsp3) is 0.571. The number of hydrogen-bond acceptors (Lipinski definition) is 5. The Kier molecular flexibility index (Phi) is 3.58. The first-order chi connectivity index (χ1) is 9.70. The van der Waals surface area contributed by atoms with E-state index in [-0.39, 0.29) is 11.9 Å². The van der Waals surface area contributed by atoms with Crippen molar-refractivity contribution >= 4 is 11.6 Å². The molecule has 2 atom stereocenters. The summed E-state index contributed by atoms with van der Waals surface area (Å²) in [5, 5.41) is 0. The Bertz CT molecular complexity index is 506. The molecule has 3 rings (SSSR count). The molecule has 3 N–H and O–H groups in total. The van der Waals surface area contributed by atoms with Crippen LogP contribution >= 0.6 is 0 Å². The Morgan fingerprint density at radius 3 is 3.15 bits per heavy atom. The molecule has 0 bridgehead atoms. The second kappa shape index (κ2) is 5.38. The largest absolute Gasteiger partial charge is 0.333 e. The molecule has 1 aromatic heterocycles. The van der Waals surface area contributed by atoms with Gasteiger partial charge in [0.15, 0.2) is 0 Å². The van der Waals surface area contributed by atoms with E-state index in [0.29, 0.717) is 17.3 Å². The molecule has 6 nitrogen and oxygen atoms in total. The number of anilines is 1. The Morgan fingerprint density at radius 2 is 2.35 bits per heavy atom. The van der Waals surface area contributed by atoms with Gasteiger partial charge in [0.2, 0.25) is 0 Å². The van der Waals surface area contributed by atoms with E-state index in [9.17, 15) is 4.79 Å². The molecule has 2 aliphatic heterocycles. The number of hydrogen-bond donors (Lipinski definition) is 2. The van der Waals surface area contributed by atoms with Gasteiger partial charge < -0.3 is 10.3 Å². The number of nitrogens with zero attached hydrogens (tertiary/aromatic N) is 3. The fourth-order valence-corrected chi connectivity index (χ4v) is 3.32. The van der Waals surface area contributed by atoms with E-state index < -0.39 is 0 Å². The number of hydrazine groups is 1. The summed E-state index contributed by atoms with van der Waals surface area (Å²) in [6.45, 7) is 5.06. The monoisotopic (exact) mass is 275 g/mol. The van der Waals surface area contributed by atoms with E-state index in [1.165, 1.54) is 19.4 Å². The highest BCUT2D eigenvalue weighted by Crippen LogP contribution is 2.26. The zero-order chi connectivity index (χ0) is 14.1. The Balaban J connectivity index is 1.82. The lowest BCUT2D eigenvalue weighted by Gasteiger charge is -2.42. The van der Waals surface area contributed by atoms with E-state index in [2.05, 4.69) is 22.2 Å². The molecule has 6 heteroatoms. The van der Waals surface area contributed by atoms with Gasteiger partial charge in [-0.3, -0.25) is 20.5 Å². The SMILES string of the molecule is CC1CN2CCCC2CN1C(=O)c1ccncc1NN. The number of carbonyl (C=O) groups excluding carboxylic acids is 1. The molecule has 2 aliphatic rings. The summed E-state index contributed by atoms with van der Waals surface area (Å²) >= 11 is 0. The van der Waals surface area contributed by atoms with Crippen molar-refractivity contribution in [2.45, 2.75) is 31.8 Å². The number of pyridine rings is 1. The molecule has 0 radical (unpaired) electrons. The summed E-state index contributed by atoms with van der Waals surface area (Å²) in [7, 11) is 0. The number of fused-ring (bicyclic) bond motifs is 1. The van der Waals surface area contributed by atoms with E-state index >= 15 is 0 Å². The first kappa shape index (κ1) is 13.3. The normalized spacial score (nSPS) is 26.4. The molecule has 0 aromatic carbocycles. The number of carbonyl (C=O) groups is 1. The molecule has 108 valence electrons. The van der Waals surface area contributed by atoms with Crippen LogP contribution in [-0.4, -0.2) is 52.4 Å². The van der Waals surface area contributed by atoms with Crippen LogP contribution in [0.4, 0.5) is 5.69 Å². The minimum atomic E-state index is 0.0411. The molecule has 2 fully saturated rings. The lowest BCUT2D eigenvalue weighted by molar-refractivity contribution is 0.0396. The van der Waals surface area contributed by atoms with Gasteiger partial charge in [-0.1, -0.05) is 0 Å². The van der Waals surface area contributed by atoms with Crippen molar-refractivity contribution in [2.24, 2.45) is 5.84 Å². The Hall–Kier alpha value is -1.66. The summed E-state index contributed by atoms with van der Waals surface area (Å²) in [6.07, 6.45) is 5.65. The maximum Gasteiger partial charge on any atom is 0.256 e. The number of aromatic nitrogens is 1. The van der Waals surface area contributed by atoms with Crippen molar-refractivity contribution in [1.82, 2.24) is 14.8 Å². The summed E-state index contributed by atoms with van der Waals surface area (Å²) in [5.41, 5.74) is 3.74. The molecule has 3 heterocycles. The number of nitrogens with two attached hydrogens (primary N) is 1. The van der Waals surface area contributed by atoms with Crippen molar-refractivity contribution in [1.29, 1.82) is 0 Å². The maximum atomic E-state index is 12.8. The molecule has 0 aliphatic carbocycles. The average Bonchev–Trinajstić information content (AvgIpc) is 2.92. The van der Waals surface area contributed by atoms with Crippen molar-refractivity contribution in [2.75, 3.05) is 25.1 Å². The molecule has 2 saturated heterocycles. The van der Waals surface area contributed by atoms with E-state index in [1.807, 2.05) is 4.90 Å². The van der Waals surface area contributed by atoms with Crippen LogP contribution in [0.15, 0.2) is 18.5 Å². The lowest BCUT2D eigenvalue weighted by Crippen LogP contribution is -2.56. The average molecular weight is 275 g/mol. The number of amides is 1. The van der Waals surface area contributed by atoms with Gasteiger partial charge >= 0.3 is 0 Å². The van der Waals surface area contributed by atoms with Gasteiger partial charge in [0, 0.05) is 31.4 Å². The minimum absolute atomic E-state index is 0.0411. The van der Waals surface area contributed by atoms with Gasteiger partial charge in [-0.2, -0.15) is 0 Å². The highest BCUT2D eigenvalue weighted by atomic mass is 16.2. The zero-order valence-corrected chi connectivity index (χ0v) is 11.7. The topological polar surface area (TPSA) is 74.5 Å². The molecule has 20 heavy (non-hydrogen) atoms. The quantitative estimate of drug-likeness (QED) is 0.613. The third-order valence-electron chi connectivity index (χ3n) is 4.41. The zero-order valence-electron chi connectivity index (χ0n) is 11.7. The predicted molar refractivity (Wildman–Crippen MR) is 77.1 cm³/mol. The lowest BCUT2D eigenvalue weighted by atomic mass is 10.1. The van der Waals surface area contributed by atoms with Gasteiger partial charge in [-0.15, -0.1) is 0 Å². The second-order valence-corrected chi connectivity index (χ2v) is 5.66. The molecular formula is C14H21N5O. The van der Waals surface area contributed by atoms with E-state index in [1.54, 1.807) is 18.5 Å². The van der Waals surface area contributed by atoms with Crippen LogP contribution in [0.5, 0.6) is 0 Å². The molecule has 1 amide bonds. The first-order valence-electron chi connectivity index (χ1n) is 7.16. The van der Waals surface area contributed by atoms with Crippen molar-refractivity contribution in [3.8, 4) is 0 Å². The molecule has 0 saturated carbocycles. The van der Waals surface area contributed by atoms with Crippen molar-refractivity contribution < 1.29 is 4.79 Å². The predicted octanol–water partition coefficient (Wildman–Crippen LogP) is 0.676. The van der Waals surface area contributed by atoms with Crippen LogP contribution < -0.4 is 11.3 Å². The van der Waals surface area contributed by atoms with E-state index in [0.717, 1.165) is 13.1 Å². The molecule has 1 aromatic rings. The fourth-order valence-electron chi connectivity index (χ4n) is 3.32. The van der Waals surface area contributed by atoms with Crippen LogP contribution in [0, 0.1) is 0 Å². The smallest absolute Gasteiger partial charge is 0.256 e. The number of nitrogen functional groups attached to an aromatic ring is 1. The third-order valence-corrected chi connectivity index (χ3v) is 4.41. The van der Waals surface area contributed by atoms with Crippen LogP contribution in [0.2, 0.25) is 0 Å². The van der Waals surface area contributed by atoms with Gasteiger partial charge in [0.25, 0.3) is 5.91 Å². The second-order valence-electron chi connectivity index (χ2n) is 5.66. The van der Waals surface area contributed by atoms with Gasteiger partial charge in [-0.25, -0.2) is 0 Å². The van der Waals surface area contributed by atoms with E-state index in [4.69, 9.17) is 5.84 Å². The van der Waals surface area contributed by atoms with Gasteiger partial charge in [0.1, 0.15) is 0 Å².